The number of hydrogen-bond acceptors (Lipinski definition) is 5. The Bertz CT molecular complexity index is 750. The molecule has 2 unspecified atom stereocenters. The summed E-state index contributed by atoms with van der Waals surface area (Å²) in [4.78, 5) is 11.0. The molecule has 140 valence electrons. The summed E-state index contributed by atoms with van der Waals surface area (Å²) in [5.74, 6) is -1.18. The fourth-order valence-electron chi connectivity index (χ4n) is 2.74. The van der Waals surface area contributed by atoms with Gasteiger partial charge in [-0.1, -0.05) is 0 Å². The zero-order chi connectivity index (χ0) is 18.8. The van der Waals surface area contributed by atoms with E-state index in [0.717, 1.165) is 19.2 Å². The highest BCUT2D eigenvalue weighted by molar-refractivity contribution is 7.89. The number of piperidine rings is 1. The summed E-state index contributed by atoms with van der Waals surface area (Å²) in [6, 6.07) is 1.98. The summed E-state index contributed by atoms with van der Waals surface area (Å²) in [6.07, 6.45) is -3.82. The molecule has 0 aliphatic carbocycles. The molecule has 2 rings (SSSR count). The molecule has 1 heterocycles. The highest BCUT2D eigenvalue weighted by Crippen LogP contribution is 2.34. The highest BCUT2D eigenvalue weighted by atomic mass is 32.2. The van der Waals surface area contributed by atoms with Crippen LogP contribution in [-0.4, -0.2) is 40.1 Å². The minimum absolute atomic E-state index is 0.105. The number of ether oxygens (including phenoxy) is 1. The first kappa shape index (κ1) is 19.7. The number of carbonyl (C=O) groups is 1. The topological polar surface area (TPSA) is 84.5 Å². The third-order valence-corrected chi connectivity index (χ3v) is 5.48. The third kappa shape index (κ3) is 4.71. The molecule has 0 spiro atoms. The van der Waals surface area contributed by atoms with E-state index in [1.54, 1.807) is 0 Å². The van der Waals surface area contributed by atoms with Crippen molar-refractivity contribution in [2.75, 3.05) is 13.7 Å². The fraction of sp³-hybridized carbons (Fsp3) is 0.533. The van der Waals surface area contributed by atoms with Crippen molar-refractivity contribution in [3.05, 3.63) is 29.3 Å². The molecule has 1 saturated heterocycles. The van der Waals surface area contributed by atoms with Crippen LogP contribution in [0.5, 0.6) is 0 Å². The summed E-state index contributed by atoms with van der Waals surface area (Å²) in [6.45, 7) is 2.51. The largest absolute Gasteiger partial charge is 0.465 e. The molecular weight excluding hydrogens is 361 g/mol. The molecule has 0 aromatic heterocycles. The van der Waals surface area contributed by atoms with Gasteiger partial charge in [-0.05, 0) is 44.5 Å². The maximum Gasteiger partial charge on any atom is 0.417 e. The van der Waals surface area contributed by atoms with Gasteiger partial charge in [-0.25, -0.2) is 17.9 Å². The van der Waals surface area contributed by atoms with Gasteiger partial charge in [0.25, 0.3) is 0 Å². The van der Waals surface area contributed by atoms with Crippen LogP contribution in [0.2, 0.25) is 0 Å². The lowest BCUT2D eigenvalue weighted by atomic mass is 10.0. The fourth-order valence-corrected chi connectivity index (χ4v) is 4.05. The Kier molecular flexibility index (Phi) is 5.75. The summed E-state index contributed by atoms with van der Waals surface area (Å²) in [7, 11) is -3.19. The molecule has 2 atom stereocenters. The van der Waals surface area contributed by atoms with Crippen LogP contribution in [0, 0.1) is 0 Å². The normalized spacial score (nSPS) is 21.8. The van der Waals surface area contributed by atoms with Gasteiger partial charge in [-0.2, -0.15) is 13.2 Å². The Morgan fingerprint density at radius 2 is 2.04 bits per heavy atom. The van der Waals surface area contributed by atoms with Gasteiger partial charge in [-0.3, -0.25) is 0 Å². The lowest BCUT2D eigenvalue weighted by Crippen LogP contribution is -2.46. The first-order valence-corrected chi connectivity index (χ1v) is 9.08. The van der Waals surface area contributed by atoms with Gasteiger partial charge in [-0.15, -0.1) is 0 Å². The Hall–Kier alpha value is -1.65. The van der Waals surface area contributed by atoms with Crippen molar-refractivity contribution in [3.8, 4) is 0 Å². The van der Waals surface area contributed by atoms with E-state index in [4.69, 9.17) is 0 Å². The predicted octanol–water partition coefficient (Wildman–Crippen LogP) is 1.91. The van der Waals surface area contributed by atoms with E-state index in [1.807, 2.05) is 6.92 Å². The molecule has 1 aliphatic rings. The number of rotatable bonds is 4. The number of benzene rings is 1. The first-order chi connectivity index (χ1) is 11.5. The molecule has 1 aliphatic heterocycles. The van der Waals surface area contributed by atoms with Gasteiger partial charge in [0.2, 0.25) is 10.0 Å². The van der Waals surface area contributed by atoms with Crippen LogP contribution in [0.1, 0.15) is 35.7 Å². The SMILES string of the molecule is COC(=O)c1ccc(S(=O)(=O)NC2CCNC(C)C2)cc1C(F)(F)F. The van der Waals surface area contributed by atoms with Crippen molar-refractivity contribution in [2.45, 2.75) is 42.9 Å². The van der Waals surface area contributed by atoms with E-state index in [1.165, 1.54) is 0 Å². The van der Waals surface area contributed by atoms with Gasteiger partial charge in [0.15, 0.2) is 0 Å². The molecule has 10 heteroatoms. The highest BCUT2D eigenvalue weighted by Gasteiger charge is 2.37. The number of sulfonamides is 1. The maximum absolute atomic E-state index is 13.2. The lowest BCUT2D eigenvalue weighted by molar-refractivity contribution is -0.138. The number of carbonyl (C=O) groups excluding carboxylic acids is 1. The Morgan fingerprint density at radius 3 is 2.60 bits per heavy atom. The maximum atomic E-state index is 13.2. The van der Waals surface area contributed by atoms with Crippen molar-refractivity contribution in [2.24, 2.45) is 0 Å². The molecule has 1 aromatic rings. The van der Waals surface area contributed by atoms with Crippen LogP contribution in [0.25, 0.3) is 0 Å². The van der Waals surface area contributed by atoms with Crippen molar-refractivity contribution >= 4 is 16.0 Å². The van der Waals surface area contributed by atoms with Crippen LogP contribution in [-0.2, 0) is 20.9 Å². The van der Waals surface area contributed by atoms with Gasteiger partial charge >= 0.3 is 12.1 Å². The van der Waals surface area contributed by atoms with Crippen molar-refractivity contribution < 1.29 is 31.1 Å². The summed E-state index contributed by atoms with van der Waals surface area (Å²) in [5.41, 5.74) is -2.08. The Labute approximate surface area is 143 Å². The van der Waals surface area contributed by atoms with Gasteiger partial charge in [0.1, 0.15) is 0 Å². The Balaban J connectivity index is 2.36. The number of hydrogen-bond donors (Lipinski definition) is 2. The smallest absolute Gasteiger partial charge is 0.417 e. The predicted molar refractivity (Wildman–Crippen MR) is 83.6 cm³/mol. The molecule has 1 fully saturated rings. The molecule has 6 nitrogen and oxygen atoms in total. The minimum atomic E-state index is -4.89. The van der Waals surface area contributed by atoms with Crippen molar-refractivity contribution in [3.63, 3.8) is 0 Å². The van der Waals surface area contributed by atoms with Gasteiger partial charge in [0, 0.05) is 12.1 Å². The van der Waals surface area contributed by atoms with Crippen LogP contribution in [0.3, 0.4) is 0 Å². The Morgan fingerprint density at radius 1 is 1.36 bits per heavy atom. The minimum Gasteiger partial charge on any atom is -0.465 e. The molecule has 25 heavy (non-hydrogen) atoms. The zero-order valence-corrected chi connectivity index (χ0v) is 14.5. The van der Waals surface area contributed by atoms with Crippen LogP contribution in [0.15, 0.2) is 23.1 Å². The molecule has 0 saturated carbocycles. The molecule has 0 amide bonds. The molecular formula is C15H19F3N2O4S. The molecule has 1 aromatic carbocycles. The zero-order valence-electron chi connectivity index (χ0n) is 13.7. The first-order valence-electron chi connectivity index (χ1n) is 7.60. The lowest BCUT2D eigenvalue weighted by Gasteiger charge is -2.28. The van der Waals surface area contributed by atoms with Crippen molar-refractivity contribution in [1.82, 2.24) is 10.0 Å². The molecule has 0 radical (unpaired) electrons. The van der Waals surface area contributed by atoms with E-state index in [-0.39, 0.29) is 12.1 Å². The van der Waals surface area contributed by atoms with E-state index >= 15 is 0 Å². The van der Waals surface area contributed by atoms with Gasteiger partial charge in [0.05, 0.1) is 23.1 Å². The summed E-state index contributed by atoms with van der Waals surface area (Å²) in [5, 5.41) is 3.16. The number of halogens is 3. The van der Waals surface area contributed by atoms with E-state index in [0.29, 0.717) is 25.5 Å². The average Bonchev–Trinajstić information content (AvgIpc) is 2.52. The van der Waals surface area contributed by atoms with Crippen LogP contribution >= 0.6 is 0 Å². The second kappa shape index (κ2) is 7.30. The monoisotopic (exact) mass is 380 g/mol. The number of esters is 1. The van der Waals surface area contributed by atoms with Gasteiger partial charge < -0.3 is 10.1 Å². The standard InChI is InChI=1S/C15H19F3N2O4S/c1-9-7-10(5-6-19-9)20-25(22,23)11-3-4-12(14(21)24-2)13(8-11)15(16,17)18/h3-4,8-10,19-20H,5-7H2,1-2H3. The quantitative estimate of drug-likeness (QED) is 0.780. The average molecular weight is 380 g/mol. The molecule has 2 N–H and O–H groups in total. The van der Waals surface area contributed by atoms with Crippen molar-refractivity contribution in [1.29, 1.82) is 0 Å². The second-order valence-corrected chi connectivity index (χ2v) is 7.61. The number of nitrogens with one attached hydrogen (secondary N) is 2. The third-order valence-electron chi connectivity index (χ3n) is 3.96. The number of methoxy groups -OCH3 is 1. The van der Waals surface area contributed by atoms with Crippen LogP contribution < -0.4 is 10.0 Å². The second-order valence-electron chi connectivity index (χ2n) is 5.89. The van der Waals surface area contributed by atoms with Crippen LogP contribution in [0.4, 0.5) is 13.2 Å². The summed E-state index contributed by atoms with van der Waals surface area (Å²) < 4.78 is 71.2. The number of alkyl halides is 3. The van der Waals surface area contributed by atoms with E-state index < -0.39 is 38.2 Å². The molecule has 0 bridgehead atoms. The van der Waals surface area contributed by atoms with E-state index in [2.05, 4.69) is 14.8 Å². The summed E-state index contributed by atoms with van der Waals surface area (Å²) >= 11 is 0. The van der Waals surface area contributed by atoms with E-state index in [9.17, 15) is 26.4 Å².